The first-order valence-corrected chi connectivity index (χ1v) is 8.86. The standard InChI is InChI=1S/C20H26F3NO5/c1-19(2,3)29-18(26)24-16(17(25)27-4)15(20(21,22)23)11-8-12-28-13-14-9-6-5-7-10-14/h5-11,15-16H,12-13H2,1-4H3,(H,24,26)/b11-8+/t15-,16+/m1/s1. The third-order valence-electron chi connectivity index (χ3n) is 3.53. The molecule has 0 saturated heterocycles. The summed E-state index contributed by atoms with van der Waals surface area (Å²) in [5, 5.41) is 1.95. The topological polar surface area (TPSA) is 73.9 Å². The van der Waals surface area contributed by atoms with E-state index in [1.807, 2.05) is 35.6 Å². The van der Waals surface area contributed by atoms with Crippen LogP contribution in [0.4, 0.5) is 18.0 Å². The molecule has 0 radical (unpaired) electrons. The van der Waals surface area contributed by atoms with Gasteiger partial charge in [-0.05, 0) is 26.3 Å². The zero-order valence-electron chi connectivity index (χ0n) is 16.8. The highest BCUT2D eigenvalue weighted by Crippen LogP contribution is 2.31. The van der Waals surface area contributed by atoms with Crippen molar-refractivity contribution in [1.82, 2.24) is 5.32 Å². The van der Waals surface area contributed by atoms with Gasteiger partial charge in [-0.1, -0.05) is 42.5 Å². The van der Waals surface area contributed by atoms with Gasteiger partial charge in [0.05, 0.1) is 20.3 Å². The SMILES string of the molecule is COC(=O)[C@@H](NC(=O)OC(C)(C)C)[C@@H](/C=C/COCc1ccccc1)C(F)(F)F. The van der Waals surface area contributed by atoms with Gasteiger partial charge in [0.1, 0.15) is 17.6 Å². The average molecular weight is 417 g/mol. The van der Waals surface area contributed by atoms with Gasteiger partial charge in [0, 0.05) is 0 Å². The quantitative estimate of drug-likeness (QED) is 0.393. The Bertz CT molecular complexity index is 684. The number of halogens is 3. The molecular weight excluding hydrogens is 391 g/mol. The summed E-state index contributed by atoms with van der Waals surface area (Å²) in [5.41, 5.74) is -0.0770. The van der Waals surface area contributed by atoms with E-state index in [1.165, 1.54) is 0 Å². The molecule has 0 aliphatic carbocycles. The predicted molar refractivity (Wildman–Crippen MR) is 100.0 cm³/mol. The van der Waals surface area contributed by atoms with E-state index in [1.54, 1.807) is 20.8 Å². The van der Waals surface area contributed by atoms with Crippen molar-refractivity contribution in [3.05, 3.63) is 48.0 Å². The molecule has 0 aliphatic rings. The minimum atomic E-state index is -4.82. The molecule has 29 heavy (non-hydrogen) atoms. The number of benzene rings is 1. The fourth-order valence-corrected chi connectivity index (χ4v) is 2.29. The lowest BCUT2D eigenvalue weighted by Gasteiger charge is -2.27. The first-order chi connectivity index (χ1) is 13.4. The number of esters is 1. The minimum Gasteiger partial charge on any atom is -0.467 e. The lowest BCUT2D eigenvalue weighted by molar-refractivity contribution is -0.179. The molecule has 1 aromatic rings. The summed E-state index contributed by atoms with van der Waals surface area (Å²) in [5.74, 6) is -3.56. The van der Waals surface area contributed by atoms with Crippen molar-refractivity contribution in [3.8, 4) is 0 Å². The molecule has 162 valence electrons. The van der Waals surface area contributed by atoms with Gasteiger partial charge < -0.3 is 19.5 Å². The van der Waals surface area contributed by atoms with Gasteiger partial charge in [-0.2, -0.15) is 13.2 Å². The Balaban J connectivity index is 2.84. The van der Waals surface area contributed by atoms with Crippen molar-refractivity contribution >= 4 is 12.1 Å². The number of carbonyl (C=O) groups excluding carboxylic acids is 2. The van der Waals surface area contributed by atoms with Gasteiger partial charge >= 0.3 is 18.2 Å². The molecule has 0 fully saturated rings. The highest BCUT2D eigenvalue weighted by molar-refractivity contribution is 5.82. The summed E-state index contributed by atoms with van der Waals surface area (Å²) in [6.07, 6.45) is -4.06. The number of ether oxygens (including phenoxy) is 3. The maximum absolute atomic E-state index is 13.5. The summed E-state index contributed by atoms with van der Waals surface area (Å²) < 4.78 is 55.3. The van der Waals surface area contributed by atoms with Crippen molar-refractivity contribution < 1.29 is 37.0 Å². The first kappa shape index (κ1) is 24.5. The van der Waals surface area contributed by atoms with Crippen molar-refractivity contribution in [1.29, 1.82) is 0 Å². The Morgan fingerprint density at radius 3 is 2.28 bits per heavy atom. The second-order valence-electron chi connectivity index (χ2n) is 7.14. The van der Waals surface area contributed by atoms with Crippen LogP contribution < -0.4 is 5.32 Å². The van der Waals surface area contributed by atoms with E-state index in [2.05, 4.69) is 4.74 Å². The summed E-state index contributed by atoms with van der Waals surface area (Å²) in [6.45, 7) is 4.75. The highest BCUT2D eigenvalue weighted by atomic mass is 19.4. The molecule has 1 rings (SSSR count). The molecule has 0 heterocycles. The molecule has 1 aromatic carbocycles. The van der Waals surface area contributed by atoms with Crippen LogP contribution in [0, 0.1) is 5.92 Å². The zero-order chi connectivity index (χ0) is 22.1. The molecule has 0 aliphatic heterocycles. The van der Waals surface area contributed by atoms with Crippen LogP contribution in [0.2, 0.25) is 0 Å². The van der Waals surface area contributed by atoms with E-state index >= 15 is 0 Å². The van der Waals surface area contributed by atoms with E-state index in [0.717, 1.165) is 24.8 Å². The number of alkyl halides is 3. The van der Waals surface area contributed by atoms with E-state index in [4.69, 9.17) is 9.47 Å². The van der Waals surface area contributed by atoms with E-state index < -0.39 is 35.8 Å². The molecule has 1 amide bonds. The first-order valence-electron chi connectivity index (χ1n) is 8.86. The van der Waals surface area contributed by atoms with Gasteiger partial charge in [0.15, 0.2) is 0 Å². The van der Waals surface area contributed by atoms with Crippen molar-refractivity contribution in [2.75, 3.05) is 13.7 Å². The smallest absolute Gasteiger partial charge is 0.408 e. The van der Waals surface area contributed by atoms with Gasteiger partial charge in [0.2, 0.25) is 0 Å². The Morgan fingerprint density at radius 1 is 1.14 bits per heavy atom. The third-order valence-corrected chi connectivity index (χ3v) is 3.53. The fraction of sp³-hybridized carbons (Fsp3) is 0.500. The molecule has 0 saturated carbocycles. The molecule has 0 unspecified atom stereocenters. The van der Waals surface area contributed by atoms with Crippen LogP contribution in [0.5, 0.6) is 0 Å². The number of hydrogen-bond acceptors (Lipinski definition) is 5. The number of rotatable bonds is 8. The number of amides is 1. The molecule has 6 nitrogen and oxygen atoms in total. The van der Waals surface area contributed by atoms with Crippen LogP contribution >= 0.6 is 0 Å². The van der Waals surface area contributed by atoms with Crippen LogP contribution in [0.15, 0.2) is 42.5 Å². The average Bonchev–Trinajstić information content (AvgIpc) is 2.61. The maximum atomic E-state index is 13.5. The lowest BCUT2D eigenvalue weighted by Crippen LogP contribution is -2.51. The number of alkyl carbamates (subject to hydrolysis) is 1. The molecule has 9 heteroatoms. The second-order valence-corrected chi connectivity index (χ2v) is 7.14. The molecule has 0 spiro atoms. The summed E-state index contributed by atoms with van der Waals surface area (Å²) in [7, 11) is 0.937. The lowest BCUT2D eigenvalue weighted by atomic mass is 9.98. The Kier molecular flexibility index (Phi) is 9.16. The van der Waals surface area contributed by atoms with Crippen LogP contribution in [0.25, 0.3) is 0 Å². The fourth-order valence-electron chi connectivity index (χ4n) is 2.29. The van der Waals surface area contributed by atoms with Gasteiger partial charge in [0.25, 0.3) is 0 Å². The minimum absolute atomic E-state index is 0.109. The third kappa shape index (κ3) is 9.47. The van der Waals surface area contributed by atoms with Gasteiger partial charge in [-0.3, -0.25) is 0 Å². The highest BCUT2D eigenvalue weighted by Gasteiger charge is 2.47. The monoisotopic (exact) mass is 417 g/mol. The number of methoxy groups -OCH3 is 1. The maximum Gasteiger partial charge on any atom is 0.408 e. The number of nitrogens with one attached hydrogen (secondary N) is 1. The van der Waals surface area contributed by atoms with Crippen LogP contribution in [0.3, 0.4) is 0 Å². The summed E-state index contributed by atoms with van der Waals surface area (Å²) >= 11 is 0. The zero-order valence-corrected chi connectivity index (χ0v) is 16.8. The van der Waals surface area contributed by atoms with Crippen molar-refractivity contribution in [3.63, 3.8) is 0 Å². The van der Waals surface area contributed by atoms with Gasteiger partial charge in [-0.15, -0.1) is 0 Å². The molecule has 0 bridgehead atoms. The van der Waals surface area contributed by atoms with Crippen molar-refractivity contribution in [2.24, 2.45) is 5.92 Å². The van der Waals surface area contributed by atoms with E-state index in [-0.39, 0.29) is 13.2 Å². The van der Waals surface area contributed by atoms with E-state index in [9.17, 15) is 22.8 Å². The van der Waals surface area contributed by atoms with E-state index in [0.29, 0.717) is 0 Å². The molecular formula is C20H26F3NO5. The van der Waals surface area contributed by atoms with Crippen LogP contribution in [-0.2, 0) is 25.6 Å². The Labute approximate surface area is 168 Å². The second kappa shape index (κ2) is 10.8. The normalized spacial score (nSPS) is 14.3. The Hall–Kier alpha value is -2.55. The molecule has 0 aromatic heterocycles. The molecule has 1 N–H and O–H groups in total. The molecule has 2 atom stereocenters. The Morgan fingerprint density at radius 2 is 1.76 bits per heavy atom. The van der Waals surface area contributed by atoms with Crippen LogP contribution in [-0.4, -0.2) is 43.6 Å². The summed E-state index contributed by atoms with van der Waals surface area (Å²) in [4.78, 5) is 23.8. The summed E-state index contributed by atoms with van der Waals surface area (Å²) in [6, 6.07) is 7.11. The number of carbonyl (C=O) groups is 2. The largest absolute Gasteiger partial charge is 0.467 e. The predicted octanol–water partition coefficient (Wildman–Crippen LogP) is 4.00. The number of hydrogen-bond donors (Lipinski definition) is 1. The van der Waals surface area contributed by atoms with Crippen LogP contribution in [0.1, 0.15) is 26.3 Å². The van der Waals surface area contributed by atoms with Gasteiger partial charge in [-0.25, -0.2) is 9.59 Å². The van der Waals surface area contributed by atoms with Crippen molar-refractivity contribution in [2.45, 2.75) is 45.2 Å².